The van der Waals surface area contributed by atoms with E-state index in [1.807, 2.05) is 25.1 Å². The number of amides is 3. The Labute approximate surface area is 146 Å². The number of carbonyl (C=O) groups excluding carboxylic acids is 3. The van der Waals surface area contributed by atoms with Gasteiger partial charge in [-0.25, -0.2) is 0 Å². The van der Waals surface area contributed by atoms with Gasteiger partial charge in [0, 0.05) is 31.1 Å². The van der Waals surface area contributed by atoms with E-state index < -0.39 is 6.04 Å². The maximum absolute atomic E-state index is 12.7. The van der Waals surface area contributed by atoms with Crippen LogP contribution in [-0.2, 0) is 22.7 Å². The SMILES string of the molecule is C[C@@H](N)CCNCc1ccc2c(c1)C(=O)N(C1CCC(=O)NC1=O)C2. The van der Waals surface area contributed by atoms with Crippen LogP contribution in [0.2, 0.25) is 0 Å². The monoisotopic (exact) mass is 344 g/mol. The van der Waals surface area contributed by atoms with Crippen LogP contribution in [-0.4, -0.2) is 41.2 Å². The minimum Gasteiger partial charge on any atom is -0.328 e. The third kappa shape index (κ3) is 3.88. The molecule has 134 valence electrons. The summed E-state index contributed by atoms with van der Waals surface area (Å²) < 4.78 is 0. The predicted octanol–water partition coefficient (Wildman–Crippen LogP) is 0.275. The zero-order valence-electron chi connectivity index (χ0n) is 14.4. The summed E-state index contributed by atoms with van der Waals surface area (Å²) in [7, 11) is 0. The van der Waals surface area contributed by atoms with Crippen molar-refractivity contribution in [2.75, 3.05) is 6.54 Å². The van der Waals surface area contributed by atoms with Crippen molar-refractivity contribution in [3.63, 3.8) is 0 Å². The van der Waals surface area contributed by atoms with Gasteiger partial charge in [-0.2, -0.15) is 0 Å². The second-order valence-corrected chi connectivity index (χ2v) is 6.83. The average molecular weight is 344 g/mol. The van der Waals surface area contributed by atoms with Crippen molar-refractivity contribution < 1.29 is 14.4 Å². The quantitative estimate of drug-likeness (QED) is 0.508. The molecular weight excluding hydrogens is 320 g/mol. The molecule has 1 aromatic rings. The summed E-state index contributed by atoms with van der Waals surface area (Å²) in [5.74, 6) is -0.789. The Balaban J connectivity index is 1.65. The highest BCUT2D eigenvalue weighted by Crippen LogP contribution is 2.28. The fourth-order valence-electron chi connectivity index (χ4n) is 3.27. The number of imide groups is 1. The lowest BCUT2D eigenvalue weighted by atomic mass is 10.0. The summed E-state index contributed by atoms with van der Waals surface area (Å²) >= 11 is 0. The molecule has 2 atom stereocenters. The molecule has 1 unspecified atom stereocenters. The number of fused-ring (bicyclic) bond motifs is 1. The van der Waals surface area contributed by atoms with Crippen molar-refractivity contribution >= 4 is 17.7 Å². The number of hydrogen-bond acceptors (Lipinski definition) is 5. The van der Waals surface area contributed by atoms with Crippen molar-refractivity contribution in [2.45, 2.75) is 51.4 Å². The van der Waals surface area contributed by atoms with Gasteiger partial charge in [0.1, 0.15) is 6.04 Å². The van der Waals surface area contributed by atoms with Gasteiger partial charge in [0.2, 0.25) is 11.8 Å². The molecule has 3 rings (SSSR count). The van der Waals surface area contributed by atoms with Crippen LogP contribution < -0.4 is 16.4 Å². The number of hydrogen-bond donors (Lipinski definition) is 3. The third-order valence-corrected chi connectivity index (χ3v) is 4.70. The van der Waals surface area contributed by atoms with Crippen molar-refractivity contribution in [1.29, 1.82) is 0 Å². The number of benzene rings is 1. The Morgan fingerprint density at radius 3 is 2.88 bits per heavy atom. The van der Waals surface area contributed by atoms with E-state index in [4.69, 9.17) is 5.73 Å². The van der Waals surface area contributed by atoms with E-state index in [1.165, 1.54) is 0 Å². The first kappa shape index (κ1) is 17.6. The second kappa shape index (κ2) is 7.33. The van der Waals surface area contributed by atoms with E-state index in [-0.39, 0.29) is 30.2 Å². The largest absolute Gasteiger partial charge is 0.328 e. The Morgan fingerprint density at radius 1 is 1.36 bits per heavy atom. The predicted molar refractivity (Wildman–Crippen MR) is 92.5 cm³/mol. The van der Waals surface area contributed by atoms with Crippen LogP contribution in [0.25, 0.3) is 0 Å². The lowest BCUT2D eigenvalue weighted by molar-refractivity contribution is -0.136. The van der Waals surface area contributed by atoms with Gasteiger partial charge in [-0.15, -0.1) is 0 Å². The van der Waals surface area contributed by atoms with E-state index in [9.17, 15) is 14.4 Å². The molecule has 7 heteroatoms. The molecule has 4 N–H and O–H groups in total. The van der Waals surface area contributed by atoms with Crippen LogP contribution in [0.15, 0.2) is 18.2 Å². The molecular formula is C18H24N4O3. The first-order valence-electron chi connectivity index (χ1n) is 8.68. The summed E-state index contributed by atoms with van der Waals surface area (Å²) in [6.45, 7) is 3.88. The van der Waals surface area contributed by atoms with Gasteiger partial charge >= 0.3 is 0 Å². The van der Waals surface area contributed by atoms with Gasteiger partial charge in [0.15, 0.2) is 0 Å². The van der Waals surface area contributed by atoms with Crippen LogP contribution in [0.3, 0.4) is 0 Å². The lowest BCUT2D eigenvalue weighted by Crippen LogP contribution is -2.52. The van der Waals surface area contributed by atoms with Gasteiger partial charge in [0.25, 0.3) is 5.91 Å². The molecule has 0 saturated carbocycles. The van der Waals surface area contributed by atoms with E-state index in [0.29, 0.717) is 25.1 Å². The van der Waals surface area contributed by atoms with Crippen LogP contribution in [0, 0.1) is 0 Å². The van der Waals surface area contributed by atoms with Crippen LogP contribution in [0.1, 0.15) is 47.7 Å². The highest BCUT2D eigenvalue weighted by Gasteiger charge is 2.38. The molecule has 0 bridgehead atoms. The van der Waals surface area contributed by atoms with Gasteiger partial charge < -0.3 is 16.0 Å². The molecule has 2 aliphatic heterocycles. The topological polar surface area (TPSA) is 105 Å². The number of nitrogens with one attached hydrogen (secondary N) is 2. The molecule has 7 nitrogen and oxygen atoms in total. The van der Waals surface area contributed by atoms with Crippen molar-refractivity contribution in [1.82, 2.24) is 15.5 Å². The minimum absolute atomic E-state index is 0.137. The molecule has 0 spiro atoms. The fourth-order valence-corrected chi connectivity index (χ4v) is 3.27. The van der Waals surface area contributed by atoms with Crippen LogP contribution in [0.5, 0.6) is 0 Å². The lowest BCUT2D eigenvalue weighted by Gasteiger charge is -2.29. The van der Waals surface area contributed by atoms with E-state index in [0.717, 1.165) is 24.1 Å². The molecule has 0 radical (unpaired) electrons. The highest BCUT2D eigenvalue weighted by molar-refractivity contribution is 6.05. The highest BCUT2D eigenvalue weighted by atomic mass is 16.2. The summed E-state index contributed by atoms with van der Waals surface area (Å²) in [6, 6.07) is 5.43. The van der Waals surface area contributed by atoms with Crippen molar-refractivity contribution in [3.05, 3.63) is 34.9 Å². The van der Waals surface area contributed by atoms with Crippen LogP contribution in [0.4, 0.5) is 0 Å². The molecule has 0 aromatic heterocycles. The van der Waals surface area contributed by atoms with Gasteiger partial charge in [-0.3, -0.25) is 19.7 Å². The summed E-state index contributed by atoms with van der Waals surface area (Å²) in [4.78, 5) is 37.6. The maximum atomic E-state index is 12.7. The third-order valence-electron chi connectivity index (χ3n) is 4.70. The number of rotatable bonds is 6. The van der Waals surface area contributed by atoms with Gasteiger partial charge in [0.05, 0.1) is 0 Å². The molecule has 2 aliphatic rings. The molecule has 3 amide bonds. The second-order valence-electron chi connectivity index (χ2n) is 6.83. The minimum atomic E-state index is -0.565. The fraction of sp³-hybridized carbons (Fsp3) is 0.500. The van der Waals surface area contributed by atoms with Gasteiger partial charge in [-0.05, 0) is 43.5 Å². The Kier molecular flexibility index (Phi) is 5.15. The molecule has 1 aromatic carbocycles. The zero-order valence-corrected chi connectivity index (χ0v) is 14.4. The molecule has 1 fully saturated rings. The van der Waals surface area contributed by atoms with E-state index >= 15 is 0 Å². The smallest absolute Gasteiger partial charge is 0.255 e. The molecule has 25 heavy (non-hydrogen) atoms. The Bertz CT molecular complexity index is 702. The number of nitrogens with two attached hydrogens (primary N) is 1. The summed E-state index contributed by atoms with van der Waals surface area (Å²) in [6.07, 6.45) is 1.55. The Morgan fingerprint density at radius 2 is 2.16 bits per heavy atom. The maximum Gasteiger partial charge on any atom is 0.255 e. The van der Waals surface area contributed by atoms with Crippen molar-refractivity contribution in [3.8, 4) is 0 Å². The normalized spacial score (nSPS) is 21.3. The number of piperidine rings is 1. The molecule has 1 saturated heterocycles. The summed E-state index contributed by atoms with van der Waals surface area (Å²) in [5.41, 5.74) is 8.33. The standard InChI is InChI=1S/C18H24N4O3/c1-11(19)6-7-20-9-12-2-3-13-10-22(18(25)14(13)8-12)15-4-5-16(23)21-17(15)24/h2-3,8,11,15,20H,4-7,9-10,19H2,1H3,(H,21,23,24)/t11-,15?/m1/s1. The zero-order chi connectivity index (χ0) is 18.0. The van der Waals surface area contributed by atoms with Crippen molar-refractivity contribution in [2.24, 2.45) is 5.73 Å². The first-order chi connectivity index (χ1) is 12.0. The number of carbonyl (C=O) groups is 3. The summed E-state index contributed by atoms with van der Waals surface area (Å²) in [5, 5.41) is 5.64. The van der Waals surface area contributed by atoms with E-state index in [2.05, 4.69) is 10.6 Å². The van der Waals surface area contributed by atoms with Crippen LogP contribution >= 0.6 is 0 Å². The Hall–Kier alpha value is -2.25. The average Bonchev–Trinajstić information content (AvgIpc) is 2.88. The number of nitrogens with zero attached hydrogens (tertiary/aromatic N) is 1. The van der Waals surface area contributed by atoms with E-state index in [1.54, 1.807) is 4.90 Å². The first-order valence-corrected chi connectivity index (χ1v) is 8.68. The molecule has 2 heterocycles. The molecule has 0 aliphatic carbocycles. The van der Waals surface area contributed by atoms with Gasteiger partial charge in [-0.1, -0.05) is 12.1 Å².